The molecule has 8 aromatic rings. The number of thioether (sulfide) groups is 1. The zero-order valence-corrected chi connectivity index (χ0v) is 37.0. The Hall–Kier alpha value is -5.27. The number of allylic oxidation sites excluding steroid dienone is 4. The summed E-state index contributed by atoms with van der Waals surface area (Å²) in [6, 6.07) is 43.4. The van der Waals surface area contributed by atoms with Gasteiger partial charge >= 0.3 is 0 Å². The van der Waals surface area contributed by atoms with Crippen LogP contribution in [0.1, 0.15) is 108 Å². The predicted octanol–water partition coefficient (Wildman–Crippen LogP) is 15.1. The summed E-state index contributed by atoms with van der Waals surface area (Å²) in [5, 5.41) is 6.29. The molecule has 0 spiro atoms. The van der Waals surface area contributed by atoms with Crippen molar-refractivity contribution in [3.8, 4) is 22.3 Å². The van der Waals surface area contributed by atoms with E-state index in [1.165, 1.54) is 103 Å². The highest BCUT2D eigenvalue weighted by Gasteiger charge is 2.47. The van der Waals surface area contributed by atoms with E-state index >= 15 is 0 Å². The lowest BCUT2D eigenvalue weighted by Crippen LogP contribution is -2.21. The Morgan fingerprint density at radius 2 is 1.15 bits per heavy atom. The van der Waals surface area contributed by atoms with Crippen LogP contribution in [-0.2, 0) is 16.2 Å². The first-order chi connectivity index (χ1) is 28.9. The van der Waals surface area contributed by atoms with Gasteiger partial charge in [0.05, 0.1) is 20.4 Å². The van der Waals surface area contributed by atoms with Crippen molar-refractivity contribution in [1.29, 1.82) is 0 Å². The zero-order chi connectivity index (χ0) is 40.4. The van der Waals surface area contributed by atoms with Crippen molar-refractivity contribution < 1.29 is 0 Å². The van der Waals surface area contributed by atoms with Gasteiger partial charge in [0.2, 0.25) is 0 Å². The fourth-order valence-corrected chi connectivity index (χ4v) is 14.5. The fraction of sp³-hybridized carbons (Fsp3) is 0.222. The Balaban J connectivity index is 0.924. The largest absolute Gasteiger partial charge is 0.368 e. The number of rotatable bonds is 3. The SMILES string of the molecule is CC1(C)C2=C(C=C(c3nc4ccccc4s3)C(c3nc4ccccc4s3)C2)c2cc3c(cc21)-c1cc2c(cc1C3(C)C)-c1ccc(C3Nc4ccccc4S3)cc1C2(C)C. The van der Waals surface area contributed by atoms with Gasteiger partial charge in [0.15, 0.2) is 0 Å². The number of thiazole rings is 2. The fourth-order valence-electron chi connectivity index (χ4n) is 11.3. The summed E-state index contributed by atoms with van der Waals surface area (Å²) < 4.78 is 2.48. The third kappa shape index (κ3) is 4.73. The van der Waals surface area contributed by atoms with Crippen LogP contribution < -0.4 is 5.32 Å². The molecule has 0 fully saturated rings. The topological polar surface area (TPSA) is 37.8 Å². The summed E-state index contributed by atoms with van der Waals surface area (Å²) in [5.41, 5.74) is 22.7. The van der Waals surface area contributed by atoms with Crippen LogP contribution in [0.3, 0.4) is 0 Å². The summed E-state index contributed by atoms with van der Waals surface area (Å²) >= 11 is 5.58. The van der Waals surface area contributed by atoms with E-state index in [2.05, 4.69) is 168 Å². The van der Waals surface area contributed by atoms with Crippen molar-refractivity contribution >= 4 is 71.7 Å². The minimum atomic E-state index is -0.150. The summed E-state index contributed by atoms with van der Waals surface area (Å²) in [5.74, 6) is 0.143. The molecule has 13 rings (SSSR count). The highest BCUT2D eigenvalue weighted by atomic mass is 32.2. The van der Waals surface area contributed by atoms with E-state index in [1.54, 1.807) is 0 Å². The summed E-state index contributed by atoms with van der Waals surface area (Å²) in [4.78, 5) is 11.9. The van der Waals surface area contributed by atoms with Crippen molar-refractivity contribution in [2.45, 2.75) is 80.4 Å². The Bertz CT molecular complexity index is 3210. The minimum Gasteiger partial charge on any atom is -0.368 e. The molecular weight excluding hydrogens is 787 g/mol. The number of aromatic nitrogens is 2. The van der Waals surface area contributed by atoms with Crippen LogP contribution in [0.15, 0.2) is 132 Å². The van der Waals surface area contributed by atoms with E-state index in [4.69, 9.17) is 9.97 Å². The standard InChI is InChI=1S/C54H43N3S3/c1-52(2)37-21-28(49-55-43-13-7-10-16-46(43)58-49)19-20-29(37)31-23-39-33(25-38(31)52)34-26-40-32(24-41(34)53(39,3)4)30-22-35(50-56-44-14-8-11-17-47(44)59-50)36(27-42(30)54(40,5)6)51-57-45-15-9-12-18-48(45)60-51/h7-26,36,49,55H,27H2,1-6H3. The van der Waals surface area contributed by atoms with E-state index in [0.717, 1.165) is 22.5 Å². The monoisotopic (exact) mass is 829 g/mol. The van der Waals surface area contributed by atoms with Crippen LogP contribution in [0, 0.1) is 0 Å². The second kappa shape index (κ2) is 12.0. The lowest BCUT2D eigenvalue weighted by atomic mass is 9.74. The number of hydrogen-bond acceptors (Lipinski definition) is 6. The molecule has 0 radical (unpaired) electrons. The minimum absolute atomic E-state index is 0.118. The van der Waals surface area contributed by atoms with Crippen LogP contribution in [-0.4, -0.2) is 9.97 Å². The Morgan fingerprint density at radius 1 is 0.567 bits per heavy atom. The normalized spacial score (nSPS) is 20.6. The van der Waals surface area contributed by atoms with Gasteiger partial charge in [0, 0.05) is 32.7 Å². The smallest absolute Gasteiger partial charge is 0.121 e. The maximum Gasteiger partial charge on any atom is 0.121 e. The summed E-state index contributed by atoms with van der Waals surface area (Å²) in [6.45, 7) is 14.7. The molecule has 0 saturated carbocycles. The van der Waals surface area contributed by atoms with Crippen LogP contribution in [0.4, 0.5) is 5.69 Å². The molecule has 6 heteroatoms. The number of fused-ring (bicyclic) bond motifs is 11. The lowest BCUT2D eigenvalue weighted by Gasteiger charge is -2.30. The average Bonchev–Trinajstić information content (AvgIpc) is 4.09. The Labute approximate surface area is 363 Å². The molecule has 0 bridgehead atoms. The van der Waals surface area contributed by atoms with Gasteiger partial charge in [-0.05, 0) is 146 Å². The predicted molar refractivity (Wildman–Crippen MR) is 255 cm³/mol. The first kappa shape index (κ1) is 35.5. The van der Waals surface area contributed by atoms with Gasteiger partial charge in [0.25, 0.3) is 0 Å². The molecule has 6 aromatic carbocycles. The van der Waals surface area contributed by atoms with Crippen LogP contribution in [0.5, 0.6) is 0 Å². The molecular formula is C54H43N3S3. The third-order valence-corrected chi connectivity index (χ3v) is 18.1. The van der Waals surface area contributed by atoms with Gasteiger partial charge in [-0.25, -0.2) is 9.97 Å². The second-order valence-electron chi connectivity index (χ2n) is 19.0. The third-order valence-electron chi connectivity index (χ3n) is 14.6. The number of para-hydroxylation sites is 3. The second-order valence-corrected chi connectivity index (χ2v) is 22.2. The number of hydrogen-bond donors (Lipinski definition) is 1. The van der Waals surface area contributed by atoms with Gasteiger partial charge in [-0.3, -0.25) is 0 Å². The number of nitrogens with zero attached hydrogens (tertiary/aromatic N) is 2. The quantitative estimate of drug-likeness (QED) is 0.192. The lowest BCUT2D eigenvalue weighted by molar-refractivity contribution is 0.593. The number of benzene rings is 6. The molecule has 3 heterocycles. The molecule has 0 saturated heterocycles. The van der Waals surface area contributed by atoms with Crippen LogP contribution >= 0.6 is 34.4 Å². The van der Waals surface area contributed by atoms with Gasteiger partial charge in [-0.15, -0.1) is 22.7 Å². The van der Waals surface area contributed by atoms with E-state index in [0.29, 0.717) is 0 Å². The number of nitrogens with one attached hydrogen (secondary N) is 1. The molecule has 2 atom stereocenters. The maximum absolute atomic E-state index is 5.29. The Morgan fingerprint density at radius 3 is 1.83 bits per heavy atom. The van der Waals surface area contributed by atoms with Crippen molar-refractivity contribution in [3.63, 3.8) is 0 Å². The van der Waals surface area contributed by atoms with E-state index in [-0.39, 0.29) is 27.5 Å². The molecule has 3 nitrogen and oxygen atoms in total. The van der Waals surface area contributed by atoms with Crippen molar-refractivity contribution in [2.75, 3.05) is 5.32 Å². The van der Waals surface area contributed by atoms with Crippen molar-refractivity contribution in [1.82, 2.24) is 9.97 Å². The molecule has 2 aromatic heterocycles. The molecule has 4 aliphatic carbocycles. The van der Waals surface area contributed by atoms with E-state index in [9.17, 15) is 0 Å². The molecule has 5 aliphatic rings. The van der Waals surface area contributed by atoms with E-state index in [1.807, 2.05) is 34.4 Å². The maximum atomic E-state index is 5.29. The van der Waals surface area contributed by atoms with Crippen LogP contribution in [0.25, 0.3) is 53.8 Å². The molecule has 1 aliphatic heterocycles. The summed E-state index contributed by atoms with van der Waals surface area (Å²) in [6.07, 6.45) is 3.45. The van der Waals surface area contributed by atoms with Crippen molar-refractivity contribution in [2.24, 2.45) is 0 Å². The average molecular weight is 830 g/mol. The van der Waals surface area contributed by atoms with Gasteiger partial charge in [-0.2, -0.15) is 0 Å². The first-order valence-corrected chi connectivity index (χ1v) is 23.7. The van der Waals surface area contributed by atoms with Gasteiger partial charge in [-0.1, -0.05) is 113 Å². The highest BCUT2D eigenvalue weighted by molar-refractivity contribution is 8.00. The van der Waals surface area contributed by atoms with Gasteiger partial charge < -0.3 is 5.32 Å². The van der Waals surface area contributed by atoms with Crippen molar-refractivity contribution in [3.05, 3.63) is 176 Å². The molecule has 60 heavy (non-hydrogen) atoms. The number of anilines is 1. The molecule has 0 amide bonds. The highest BCUT2D eigenvalue weighted by Crippen LogP contribution is 2.62. The summed E-state index contributed by atoms with van der Waals surface area (Å²) in [7, 11) is 0. The molecule has 1 N–H and O–H groups in total. The molecule has 292 valence electrons. The van der Waals surface area contributed by atoms with Crippen LogP contribution in [0.2, 0.25) is 0 Å². The zero-order valence-electron chi connectivity index (χ0n) is 34.5. The molecule has 2 unspecified atom stereocenters. The van der Waals surface area contributed by atoms with Gasteiger partial charge in [0.1, 0.15) is 15.4 Å². The first-order valence-electron chi connectivity index (χ1n) is 21.2. The Kier molecular flexibility index (Phi) is 7.08. The van der Waals surface area contributed by atoms with E-state index < -0.39 is 0 Å².